The molecule has 0 saturated carbocycles. The van der Waals surface area contributed by atoms with Crippen LogP contribution in [0.15, 0.2) is 54.6 Å². The maximum Gasteiger partial charge on any atom is 0.298 e. The van der Waals surface area contributed by atoms with Gasteiger partial charge >= 0.3 is 0 Å². The van der Waals surface area contributed by atoms with Crippen LogP contribution >= 0.6 is 0 Å². The lowest BCUT2D eigenvalue weighted by Crippen LogP contribution is -1.99. The number of aromatic nitrogens is 1. The van der Waals surface area contributed by atoms with Crippen molar-refractivity contribution in [2.75, 3.05) is 0 Å². The van der Waals surface area contributed by atoms with Crippen LogP contribution in [0, 0.1) is 0 Å². The highest BCUT2D eigenvalue weighted by molar-refractivity contribution is 5.88. The maximum absolute atomic E-state index is 10.7. The lowest BCUT2D eigenvalue weighted by atomic mass is 10.2. The first-order chi connectivity index (χ1) is 9.88. The summed E-state index contributed by atoms with van der Waals surface area (Å²) in [7, 11) is 0. The fraction of sp³-hybridized carbons (Fsp3) is 0.0625. The molecule has 3 rings (SSSR count). The van der Waals surface area contributed by atoms with E-state index in [-0.39, 0.29) is 0 Å². The van der Waals surface area contributed by atoms with Crippen molar-refractivity contribution in [2.24, 2.45) is 0 Å². The number of benzene rings is 2. The number of hydrogen-bond donors (Lipinski definition) is 1. The zero-order chi connectivity index (χ0) is 13.8. The van der Waals surface area contributed by atoms with Gasteiger partial charge in [-0.2, -0.15) is 0 Å². The van der Waals surface area contributed by atoms with Gasteiger partial charge in [-0.25, -0.2) is 0 Å². The summed E-state index contributed by atoms with van der Waals surface area (Å²) in [6, 6.07) is 17.1. The van der Waals surface area contributed by atoms with Gasteiger partial charge in [-0.3, -0.25) is 4.79 Å². The molecule has 0 atom stereocenters. The molecule has 0 aliphatic heterocycles. The number of H-pyrrole nitrogens is 1. The Morgan fingerprint density at radius 2 is 1.75 bits per heavy atom. The Bertz CT molecular complexity index is 719. The number of fused-ring (bicyclic) bond motifs is 1. The molecule has 1 heterocycles. The molecule has 0 spiro atoms. The number of ether oxygens (including phenoxy) is 2. The highest BCUT2D eigenvalue weighted by Crippen LogP contribution is 2.30. The van der Waals surface area contributed by atoms with Gasteiger partial charge in [-0.15, -0.1) is 0 Å². The van der Waals surface area contributed by atoms with Crippen molar-refractivity contribution in [3.63, 3.8) is 0 Å². The van der Waals surface area contributed by atoms with Crippen molar-refractivity contribution in [2.45, 2.75) is 6.61 Å². The summed E-state index contributed by atoms with van der Waals surface area (Å²) in [6.45, 7) is 0.740. The number of carbonyl (C=O) groups is 1. The van der Waals surface area contributed by atoms with E-state index >= 15 is 0 Å². The highest BCUT2D eigenvalue weighted by Gasteiger charge is 2.13. The number of nitrogens with one attached hydrogen (secondary N) is 1. The molecule has 20 heavy (non-hydrogen) atoms. The molecule has 0 radical (unpaired) electrons. The lowest BCUT2D eigenvalue weighted by molar-refractivity contribution is -0.120. The van der Waals surface area contributed by atoms with Crippen LogP contribution in [0.1, 0.15) is 5.69 Å². The van der Waals surface area contributed by atoms with Crippen LogP contribution in [0.3, 0.4) is 0 Å². The van der Waals surface area contributed by atoms with Crippen molar-refractivity contribution in [1.29, 1.82) is 0 Å². The van der Waals surface area contributed by atoms with E-state index in [1.807, 2.05) is 54.6 Å². The van der Waals surface area contributed by atoms with Gasteiger partial charge < -0.3 is 14.5 Å². The fourth-order valence-corrected chi connectivity index (χ4v) is 2.13. The Balaban J connectivity index is 1.90. The molecule has 0 unspecified atom stereocenters. The predicted octanol–water partition coefficient (Wildman–Crippen LogP) is 3.28. The largest absolute Gasteiger partial charge is 0.487 e. The number of para-hydroxylation sites is 2. The SMILES string of the molecule is O=COc1c(COc2ccccc2)[nH]c2ccccc12. The molecule has 0 saturated heterocycles. The van der Waals surface area contributed by atoms with E-state index in [4.69, 9.17) is 9.47 Å². The van der Waals surface area contributed by atoms with Gasteiger partial charge in [0, 0.05) is 10.9 Å². The van der Waals surface area contributed by atoms with Crippen LogP contribution in [-0.4, -0.2) is 11.5 Å². The molecule has 0 aliphatic carbocycles. The first-order valence-electron chi connectivity index (χ1n) is 6.26. The predicted molar refractivity (Wildman–Crippen MR) is 75.8 cm³/mol. The van der Waals surface area contributed by atoms with Crippen molar-refractivity contribution in [3.8, 4) is 11.5 Å². The normalized spacial score (nSPS) is 10.4. The molecule has 0 fully saturated rings. The summed E-state index contributed by atoms with van der Waals surface area (Å²) in [5, 5.41) is 0.867. The number of aromatic amines is 1. The summed E-state index contributed by atoms with van der Waals surface area (Å²) in [5.41, 5.74) is 1.65. The van der Waals surface area contributed by atoms with E-state index < -0.39 is 0 Å². The highest BCUT2D eigenvalue weighted by atomic mass is 16.5. The van der Waals surface area contributed by atoms with E-state index in [1.165, 1.54) is 0 Å². The molecule has 3 aromatic rings. The van der Waals surface area contributed by atoms with Gasteiger partial charge in [-0.05, 0) is 24.3 Å². The molecule has 1 aromatic heterocycles. The quantitative estimate of drug-likeness (QED) is 0.722. The molecule has 4 heteroatoms. The van der Waals surface area contributed by atoms with Crippen molar-refractivity contribution < 1.29 is 14.3 Å². The number of carbonyl (C=O) groups excluding carboxylic acids is 1. The molecule has 2 aromatic carbocycles. The first-order valence-corrected chi connectivity index (χ1v) is 6.26. The van der Waals surface area contributed by atoms with Gasteiger partial charge in [0.05, 0.1) is 5.69 Å². The third kappa shape index (κ3) is 2.36. The zero-order valence-electron chi connectivity index (χ0n) is 10.7. The Kier molecular flexibility index (Phi) is 3.37. The molecule has 4 nitrogen and oxygen atoms in total. The molecule has 1 N–H and O–H groups in total. The molecular weight excluding hydrogens is 254 g/mol. The zero-order valence-corrected chi connectivity index (χ0v) is 10.7. The Hall–Kier alpha value is -2.75. The van der Waals surface area contributed by atoms with Crippen LogP contribution in [0.2, 0.25) is 0 Å². The van der Waals surface area contributed by atoms with E-state index in [2.05, 4.69) is 4.98 Å². The average molecular weight is 267 g/mol. The van der Waals surface area contributed by atoms with Crippen LogP contribution in [-0.2, 0) is 11.4 Å². The van der Waals surface area contributed by atoms with E-state index in [1.54, 1.807) is 0 Å². The molecule has 0 amide bonds. The second kappa shape index (κ2) is 5.48. The van der Waals surface area contributed by atoms with Crippen LogP contribution < -0.4 is 9.47 Å². The third-order valence-electron chi connectivity index (χ3n) is 3.02. The molecule has 100 valence electrons. The van der Waals surface area contributed by atoms with E-state index in [0.29, 0.717) is 18.8 Å². The number of hydrogen-bond acceptors (Lipinski definition) is 3. The first kappa shape index (κ1) is 12.3. The second-order valence-electron chi connectivity index (χ2n) is 4.29. The Morgan fingerprint density at radius 1 is 1.00 bits per heavy atom. The summed E-state index contributed by atoms with van der Waals surface area (Å²) >= 11 is 0. The second-order valence-corrected chi connectivity index (χ2v) is 4.29. The van der Waals surface area contributed by atoms with Crippen molar-refractivity contribution in [3.05, 3.63) is 60.3 Å². The maximum atomic E-state index is 10.7. The topological polar surface area (TPSA) is 51.3 Å². The van der Waals surface area contributed by atoms with Crippen molar-refractivity contribution in [1.82, 2.24) is 4.98 Å². The minimum Gasteiger partial charge on any atom is -0.487 e. The van der Waals surface area contributed by atoms with Crippen LogP contribution in [0.4, 0.5) is 0 Å². The van der Waals surface area contributed by atoms with Gasteiger partial charge in [0.15, 0.2) is 5.75 Å². The standard InChI is InChI=1S/C16H13NO3/c18-11-20-16-13-8-4-5-9-14(13)17-15(16)10-19-12-6-2-1-3-7-12/h1-9,11,17H,10H2. The summed E-state index contributed by atoms with van der Waals surface area (Å²) in [6.07, 6.45) is 0. The number of rotatable bonds is 5. The Labute approximate surface area is 115 Å². The molecular formula is C16H13NO3. The van der Waals surface area contributed by atoms with Gasteiger partial charge in [0.25, 0.3) is 6.47 Å². The summed E-state index contributed by atoms with van der Waals surface area (Å²) in [5.74, 6) is 1.29. The Morgan fingerprint density at radius 3 is 2.55 bits per heavy atom. The average Bonchev–Trinajstić information content (AvgIpc) is 2.85. The van der Waals surface area contributed by atoms with Gasteiger partial charge in [0.2, 0.25) is 0 Å². The van der Waals surface area contributed by atoms with Crippen LogP contribution in [0.5, 0.6) is 11.5 Å². The minimum atomic E-state index is 0.307. The fourth-order valence-electron chi connectivity index (χ4n) is 2.13. The molecule has 0 aliphatic rings. The lowest BCUT2D eigenvalue weighted by Gasteiger charge is -2.06. The molecule has 0 bridgehead atoms. The minimum absolute atomic E-state index is 0.307. The summed E-state index contributed by atoms with van der Waals surface area (Å²) in [4.78, 5) is 13.9. The van der Waals surface area contributed by atoms with Gasteiger partial charge in [0.1, 0.15) is 12.4 Å². The van der Waals surface area contributed by atoms with E-state index in [9.17, 15) is 4.79 Å². The monoisotopic (exact) mass is 267 g/mol. The third-order valence-corrected chi connectivity index (χ3v) is 3.02. The van der Waals surface area contributed by atoms with Gasteiger partial charge in [-0.1, -0.05) is 30.3 Å². The van der Waals surface area contributed by atoms with E-state index in [0.717, 1.165) is 22.3 Å². The summed E-state index contributed by atoms with van der Waals surface area (Å²) < 4.78 is 10.8. The van der Waals surface area contributed by atoms with Crippen molar-refractivity contribution >= 4 is 17.4 Å². The van der Waals surface area contributed by atoms with Crippen LogP contribution in [0.25, 0.3) is 10.9 Å². The smallest absolute Gasteiger partial charge is 0.298 e.